The lowest BCUT2D eigenvalue weighted by molar-refractivity contribution is 0.0598. The molecule has 0 aliphatic carbocycles. The Morgan fingerprint density at radius 1 is 1.20 bits per heavy atom. The fraction of sp³-hybridized carbons (Fsp3) is 0.333. The normalized spacial score (nSPS) is 14.6. The molecule has 1 aliphatic heterocycles. The van der Waals surface area contributed by atoms with Gasteiger partial charge in [-0.2, -0.15) is 5.10 Å². The number of piperidine rings is 1. The lowest BCUT2D eigenvalue weighted by Crippen LogP contribution is -2.39. The zero-order valence-corrected chi connectivity index (χ0v) is 17.4. The van der Waals surface area contributed by atoms with Crippen LogP contribution < -0.4 is 0 Å². The third-order valence-electron chi connectivity index (χ3n) is 5.19. The molecule has 1 fully saturated rings. The molecule has 1 aliphatic rings. The number of aromatic nitrogens is 3. The standard InChI is InChI=1S/C21H22N4O4S/c1-28-21(27)16-8-11-29-18(16)12-30-19-5-3-2-4-17(19)20(26)24-9-6-15(7-10-24)25-14-22-13-23-25/h2-5,8,11,13-15H,6-7,9-10,12H2,1H3. The summed E-state index contributed by atoms with van der Waals surface area (Å²) in [6.45, 7) is 1.35. The number of esters is 1. The molecule has 1 aromatic carbocycles. The first-order chi connectivity index (χ1) is 14.7. The monoisotopic (exact) mass is 426 g/mol. The van der Waals surface area contributed by atoms with E-state index < -0.39 is 5.97 Å². The highest BCUT2D eigenvalue weighted by Gasteiger charge is 2.26. The van der Waals surface area contributed by atoms with E-state index in [9.17, 15) is 9.59 Å². The fourth-order valence-corrected chi connectivity index (χ4v) is 4.56. The van der Waals surface area contributed by atoms with E-state index in [4.69, 9.17) is 9.15 Å². The van der Waals surface area contributed by atoms with Crippen molar-refractivity contribution in [2.75, 3.05) is 20.2 Å². The molecule has 1 saturated heterocycles. The Morgan fingerprint density at radius 3 is 2.73 bits per heavy atom. The summed E-state index contributed by atoms with van der Waals surface area (Å²) in [5.41, 5.74) is 1.07. The average Bonchev–Trinajstić information content (AvgIpc) is 3.49. The van der Waals surface area contributed by atoms with Crippen molar-refractivity contribution >= 4 is 23.6 Å². The largest absolute Gasteiger partial charge is 0.468 e. The highest BCUT2D eigenvalue weighted by atomic mass is 32.2. The van der Waals surface area contributed by atoms with Crippen molar-refractivity contribution in [2.45, 2.75) is 29.5 Å². The first kappa shape index (κ1) is 20.2. The molecular formula is C21H22N4O4S. The third kappa shape index (κ3) is 4.25. The highest BCUT2D eigenvalue weighted by molar-refractivity contribution is 7.98. The summed E-state index contributed by atoms with van der Waals surface area (Å²) < 4.78 is 12.1. The van der Waals surface area contributed by atoms with Crippen LogP contribution in [0.25, 0.3) is 0 Å². The Labute approximate surface area is 178 Å². The van der Waals surface area contributed by atoms with E-state index in [1.165, 1.54) is 31.5 Å². The molecule has 0 saturated carbocycles. The van der Waals surface area contributed by atoms with Crippen LogP contribution in [-0.4, -0.2) is 51.7 Å². The van der Waals surface area contributed by atoms with E-state index in [2.05, 4.69) is 10.1 Å². The van der Waals surface area contributed by atoms with E-state index in [1.54, 1.807) is 12.4 Å². The van der Waals surface area contributed by atoms with Gasteiger partial charge >= 0.3 is 5.97 Å². The van der Waals surface area contributed by atoms with Crippen LogP contribution in [0.2, 0.25) is 0 Å². The second-order valence-electron chi connectivity index (χ2n) is 6.93. The maximum atomic E-state index is 13.2. The molecule has 0 atom stereocenters. The van der Waals surface area contributed by atoms with Gasteiger partial charge in [0.15, 0.2) is 0 Å². The van der Waals surface area contributed by atoms with Gasteiger partial charge in [-0.25, -0.2) is 14.5 Å². The van der Waals surface area contributed by atoms with Crippen LogP contribution in [0.15, 0.2) is 58.6 Å². The summed E-state index contributed by atoms with van der Waals surface area (Å²) in [6, 6.07) is 9.40. The van der Waals surface area contributed by atoms with Crippen molar-refractivity contribution in [3.8, 4) is 0 Å². The van der Waals surface area contributed by atoms with Crippen molar-refractivity contribution < 1.29 is 18.7 Å². The molecular weight excluding hydrogens is 404 g/mol. The van der Waals surface area contributed by atoms with Gasteiger partial charge in [-0.15, -0.1) is 11.8 Å². The molecule has 0 spiro atoms. The topological polar surface area (TPSA) is 90.5 Å². The van der Waals surface area contributed by atoms with E-state index in [1.807, 2.05) is 33.8 Å². The predicted molar refractivity (Wildman–Crippen MR) is 110 cm³/mol. The average molecular weight is 426 g/mol. The molecule has 4 rings (SSSR count). The Hall–Kier alpha value is -3.07. The van der Waals surface area contributed by atoms with Gasteiger partial charge in [-0.3, -0.25) is 4.79 Å². The SMILES string of the molecule is COC(=O)c1ccoc1CSc1ccccc1C(=O)N1CCC(n2cncn2)CC1. The summed E-state index contributed by atoms with van der Waals surface area (Å²) >= 11 is 1.47. The third-order valence-corrected chi connectivity index (χ3v) is 6.26. The number of rotatable bonds is 6. The number of methoxy groups -OCH3 is 1. The van der Waals surface area contributed by atoms with Crippen LogP contribution >= 0.6 is 11.8 Å². The molecule has 3 heterocycles. The first-order valence-corrected chi connectivity index (χ1v) is 10.7. The number of benzene rings is 1. The number of hydrogen-bond donors (Lipinski definition) is 0. The Balaban J connectivity index is 1.43. The van der Waals surface area contributed by atoms with Gasteiger partial charge in [0.2, 0.25) is 0 Å². The molecule has 0 bridgehead atoms. The van der Waals surface area contributed by atoms with Crippen molar-refractivity contribution in [2.24, 2.45) is 0 Å². The number of furan rings is 1. The van der Waals surface area contributed by atoms with Gasteiger partial charge < -0.3 is 14.1 Å². The zero-order chi connectivity index (χ0) is 20.9. The molecule has 30 heavy (non-hydrogen) atoms. The smallest absolute Gasteiger partial charge is 0.341 e. The van der Waals surface area contributed by atoms with Crippen LogP contribution in [0, 0.1) is 0 Å². The Morgan fingerprint density at radius 2 is 2.00 bits per heavy atom. The predicted octanol–water partition coefficient (Wildman–Crippen LogP) is 3.43. The minimum absolute atomic E-state index is 0.0165. The lowest BCUT2D eigenvalue weighted by atomic mass is 10.0. The van der Waals surface area contributed by atoms with Gasteiger partial charge in [-0.1, -0.05) is 12.1 Å². The van der Waals surface area contributed by atoms with E-state index in [-0.39, 0.29) is 11.9 Å². The number of nitrogens with zero attached hydrogens (tertiary/aromatic N) is 4. The summed E-state index contributed by atoms with van der Waals surface area (Å²) in [5, 5.41) is 4.21. The number of likely N-dealkylation sites (tertiary alicyclic amines) is 1. The number of amides is 1. The molecule has 0 unspecified atom stereocenters. The van der Waals surface area contributed by atoms with Gasteiger partial charge in [-0.05, 0) is 31.0 Å². The van der Waals surface area contributed by atoms with Crippen LogP contribution in [0.4, 0.5) is 0 Å². The molecule has 9 heteroatoms. The fourth-order valence-electron chi connectivity index (χ4n) is 3.57. The summed E-state index contributed by atoms with van der Waals surface area (Å²) in [4.78, 5) is 31.8. The summed E-state index contributed by atoms with van der Waals surface area (Å²) in [7, 11) is 1.34. The van der Waals surface area contributed by atoms with Crippen molar-refractivity contribution in [1.82, 2.24) is 19.7 Å². The highest BCUT2D eigenvalue weighted by Crippen LogP contribution is 2.30. The number of ether oxygens (including phenoxy) is 1. The first-order valence-electron chi connectivity index (χ1n) is 9.67. The summed E-state index contributed by atoms with van der Waals surface area (Å²) in [6.07, 6.45) is 6.43. The van der Waals surface area contributed by atoms with E-state index in [0.29, 0.717) is 35.7 Å². The lowest BCUT2D eigenvalue weighted by Gasteiger charge is -2.32. The second-order valence-corrected chi connectivity index (χ2v) is 7.95. The quantitative estimate of drug-likeness (QED) is 0.441. The molecule has 0 radical (unpaired) electrons. The minimum Gasteiger partial charge on any atom is -0.468 e. The second kappa shape index (κ2) is 9.17. The summed E-state index contributed by atoms with van der Waals surface area (Å²) in [5.74, 6) is 0.542. The maximum Gasteiger partial charge on any atom is 0.341 e. The Bertz CT molecular complexity index is 1010. The van der Waals surface area contributed by atoms with Gasteiger partial charge in [0.1, 0.15) is 24.0 Å². The van der Waals surface area contributed by atoms with Crippen LogP contribution in [-0.2, 0) is 10.5 Å². The van der Waals surface area contributed by atoms with Crippen molar-refractivity contribution in [3.05, 3.63) is 66.1 Å². The van der Waals surface area contributed by atoms with Gasteiger partial charge in [0.05, 0.1) is 30.7 Å². The van der Waals surface area contributed by atoms with Crippen molar-refractivity contribution in [1.29, 1.82) is 0 Å². The molecule has 1 amide bonds. The number of thioether (sulfide) groups is 1. The van der Waals surface area contributed by atoms with Gasteiger partial charge in [0.25, 0.3) is 5.91 Å². The molecule has 3 aromatic rings. The van der Waals surface area contributed by atoms with E-state index in [0.717, 1.165) is 17.7 Å². The van der Waals surface area contributed by atoms with E-state index >= 15 is 0 Å². The van der Waals surface area contributed by atoms with Crippen LogP contribution in [0.3, 0.4) is 0 Å². The zero-order valence-electron chi connectivity index (χ0n) is 16.6. The maximum absolute atomic E-state index is 13.2. The number of carbonyl (C=O) groups is 2. The Kier molecular flexibility index (Phi) is 6.18. The van der Waals surface area contributed by atoms with Crippen LogP contribution in [0.5, 0.6) is 0 Å². The minimum atomic E-state index is -0.432. The van der Waals surface area contributed by atoms with Crippen LogP contribution in [0.1, 0.15) is 45.4 Å². The molecule has 2 aromatic heterocycles. The van der Waals surface area contributed by atoms with Gasteiger partial charge in [0, 0.05) is 18.0 Å². The molecule has 8 nitrogen and oxygen atoms in total. The number of hydrogen-bond acceptors (Lipinski definition) is 7. The molecule has 156 valence electrons. The molecule has 0 N–H and O–H groups in total. The number of carbonyl (C=O) groups excluding carboxylic acids is 2. The van der Waals surface area contributed by atoms with Crippen molar-refractivity contribution in [3.63, 3.8) is 0 Å².